The Morgan fingerprint density at radius 3 is 2.19 bits per heavy atom. The van der Waals surface area contributed by atoms with E-state index in [9.17, 15) is 14.4 Å². The van der Waals surface area contributed by atoms with Gasteiger partial charge in [-0.15, -0.1) is 11.8 Å². The average molecular weight is 580 g/mol. The number of amides is 3. The van der Waals surface area contributed by atoms with Gasteiger partial charge < -0.3 is 20.7 Å². The number of anilines is 2. The Hall–Kier alpha value is -4.82. The van der Waals surface area contributed by atoms with E-state index in [2.05, 4.69) is 16.0 Å². The molecule has 1 atom stereocenters. The molecule has 4 aromatic rings. The van der Waals surface area contributed by atoms with Gasteiger partial charge in [0.05, 0.1) is 12.4 Å². The van der Waals surface area contributed by atoms with Gasteiger partial charge in [-0.05, 0) is 98.1 Å². The topological polar surface area (TPSA) is 96.5 Å². The van der Waals surface area contributed by atoms with Crippen molar-refractivity contribution >= 4 is 46.9 Å². The summed E-state index contributed by atoms with van der Waals surface area (Å²) in [6.07, 6.45) is 1.60. The third-order valence-electron chi connectivity index (χ3n) is 6.50. The largest absolute Gasteiger partial charge is 0.497 e. The highest BCUT2D eigenvalue weighted by molar-refractivity contribution is 8.00. The fourth-order valence-corrected chi connectivity index (χ4v) is 4.90. The number of carbonyl (C=O) groups excluding carboxylic acids is 3. The molecule has 0 aliphatic heterocycles. The number of rotatable bonds is 10. The van der Waals surface area contributed by atoms with Crippen molar-refractivity contribution in [2.75, 3.05) is 17.7 Å². The fraction of sp³-hybridized carbons (Fsp3) is 0.147. The van der Waals surface area contributed by atoms with E-state index in [0.717, 1.165) is 21.7 Å². The van der Waals surface area contributed by atoms with Crippen LogP contribution in [-0.2, 0) is 9.59 Å². The molecule has 1 unspecified atom stereocenters. The summed E-state index contributed by atoms with van der Waals surface area (Å²) < 4.78 is 5.22. The quantitative estimate of drug-likeness (QED) is 0.141. The first-order valence-corrected chi connectivity index (χ1v) is 14.3. The van der Waals surface area contributed by atoms with Gasteiger partial charge in [0.15, 0.2) is 0 Å². The number of thioether (sulfide) groups is 1. The van der Waals surface area contributed by atoms with Crippen molar-refractivity contribution in [2.45, 2.75) is 30.9 Å². The van der Waals surface area contributed by atoms with Gasteiger partial charge in [-0.3, -0.25) is 14.4 Å². The smallest absolute Gasteiger partial charge is 0.272 e. The van der Waals surface area contributed by atoms with Crippen LogP contribution in [0.25, 0.3) is 6.08 Å². The number of carbonyl (C=O) groups is 3. The third kappa shape index (κ3) is 8.34. The lowest BCUT2D eigenvalue weighted by atomic mass is 10.1. The standard InChI is InChI=1S/C34H33N3O4S/c1-22-13-16-28(19-23(22)2)35-32(38)24(3)42-30-12-8-11-27(21-30)36-34(40)31(20-25-14-17-29(41-4)18-15-25)37-33(39)26-9-6-5-7-10-26/h5-21,24H,1-4H3,(H,35,38)(H,36,40)(H,37,39)/b31-20+. The Bertz CT molecular complexity index is 1600. The highest BCUT2D eigenvalue weighted by Gasteiger charge is 2.17. The van der Waals surface area contributed by atoms with Gasteiger partial charge in [-0.2, -0.15) is 0 Å². The van der Waals surface area contributed by atoms with Crippen LogP contribution in [0, 0.1) is 13.8 Å². The van der Waals surface area contributed by atoms with Crippen molar-refractivity contribution in [3.8, 4) is 5.75 Å². The summed E-state index contributed by atoms with van der Waals surface area (Å²) in [4.78, 5) is 40.0. The van der Waals surface area contributed by atoms with Crippen molar-refractivity contribution in [1.29, 1.82) is 0 Å². The summed E-state index contributed by atoms with van der Waals surface area (Å²) in [5.74, 6) is -0.333. The maximum absolute atomic E-state index is 13.4. The average Bonchev–Trinajstić information content (AvgIpc) is 2.99. The van der Waals surface area contributed by atoms with Gasteiger partial charge in [0.25, 0.3) is 11.8 Å². The molecule has 0 fully saturated rings. The van der Waals surface area contributed by atoms with Crippen LogP contribution in [-0.4, -0.2) is 30.1 Å². The zero-order valence-corrected chi connectivity index (χ0v) is 24.8. The second-order valence-corrected chi connectivity index (χ2v) is 11.1. The number of benzene rings is 4. The molecule has 0 saturated carbocycles. The summed E-state index contributed by atoms with van der Waals surface area (Å²) in [5, 5.41) is 8.21. The van der Waals surface area contributed by atoms with Crippen LogP contribution in [0.1, 0.15) is 34.0 Å². The second-order valence-electron chi connectivity index (χ2n) is 9.68. The summed E-state index contributed by atoms with van der Waals surface area (Å²) >= 11 is 1.38. The van der Waals surface area contributed by atoms with Crippen molar-refractivity contribution < 1.29 is 19.1 Å². The van der Waals surface area contributed by atoms with Gasteiger partial charge >= 0.3 is 0 Å². The van der Waals surface area contributed by atoms with Gasteiger partial charge in [-0.1, -0.05) is 42.5 Å². The molecule has 3 amide bonds. The lowest BCUT2D eigenvalue weighted by molar-refractivity contribution is -0.115. The molecule has 7 nitrogen and oxygen atoms in total. The molecular weight excluding hydrogens is 546 g/mol. The first-order valence-electron chi connectivity index (χ1n) is 13.4. The van der Waals surface area contributed by atoms with Crippen LogP contribution in [0.3, 0.4) is 0 Å². The van der Waals surface area contributed by atoms with E-state index >= 15 is 0 Å². The van der Waals surface area contributed by atoms with E-state index in [1.54, 1.807) is 79.9 Å². The summed E-state index contributed by atoms with van der Waals surface area (Å²) in [6.45, 7) is 5.87. The monoisotopic (exact) mass is 579 g/mol. The predicted octanol–water partition coefficient (Wildman–Crippen LogP) is 6.84. The summed E-state index contributed by atoms with van der Waals surface area (Å²) in [6, 6.07) is 28.9. The van der Waals surface area contributed by atoms with E-state index in [1.807, 2.05) is 51.1 Å². The van der Waals surface area contributed by atoms with Crippen molar-refractivity contribution in [3.63, 3.8) is 0 Å². The Labute approximate surface area is 250 Å². The van der Waals surface area contributed by atoms with Crippen LogP contribution in [0.5, 0.6) is 5.75 Å². The molecule has 0 aliphatic carbocycles. The lowest BCUT2D eigenvalue weighted by Gasteiger charge is -2.14. The Kier molecular flexibility index (Phi) is 10.2. The molecule has 0 aromatic heterocycles. The fourth-order valence-electron chi connectivity index (χ4n) is 3.98. The zero-order valence-electron chi connectivity index (χ0n) is 23.9. The number of aryl methyl sites for hydroxylation is 2. The molecule has 4 rings (SSSR count). The molecule has 0 spiro atoms. The molecule has 0 saturated heterocycles. The molecule has 8 heteroatoms. The highest BCUT2D eigenvalue weighted by Crippen LogP contribution is 2.27. The molecule has 4 aromatic carbocycles. The second kappa shape index (κ2) is 14.2. The third-order valence-corrected chi connectivity index (χ3v) is 7.60. The lowest BCUT2D eigenvalue weighted by Crippen LogP contribution is -2.30. The first kappa shape index (κ1) is 30.1. The normalized spacial score (nSPS) is 11.8. The SMILES string of the molecule is COc1ccc(/C=C(/NC(=O)c2ccccc2)C(=O)Nc2cccc(SC(C)C(=O)Nc3ccc(C)c(C)c3)c2)cc1. The van der Waals surface area contributed by atoms with Crippen LogP contribution in [0.2, 0.25) is 0 Å². The van der Waals surface area contributed by atoms with Crippen LogP contribution in [0.15, 0.2) is 108 Å². The number of hydrogen-bond donors (Lipinski definition) is 3. The minimum absolute atomic E-state index is 0.0770. The Morgan fingerprint density at radius 2 is 1.50 bits per heavy atom. The highest BCUT2D eigenvalue weighted by atomic mass is 32.2. The summed E-state index contributed by atoms with van der Waals surface area (Å²) in [7, 11) is 1.58. The zero-order chi connectivity index (χ0) is 30.1. The van der Waals surface area contributed by atoms with Gasteiger partial charge in [0.2, 0.25) is 5.91 Å². The van der Waals surface area contributed by atoms with Crippen LogP contribution < -0.4 is 20.7 Å². The minimum Gasteiger partial charge on any atom is -0.497 e. The Morgan fingerprint density at radius 1 is 0.786 bits per heavy atom. The molecule has 0 radical (unpaired) electrons. The van der Waals surface area contributed by atoms with Gasteiger partial charge in [0, 0.05) is 21.8 Å². The first-order chi connectivity index (χ1) is 20.2. The van der Waals surface area contributed by atoms with E-state index in [-0.39, 0.29) is 16.9 Å². The van der Waals surface area contributed by atoms with E-state index in [1.165, 1.54) is 11.8 Å². The molecule has 0 bridgehead atoms. The minimum atomic E-state index is -0.488. The molecule has 0 aliphatic rings. The molecule has 214 valence electrons. The molecule has 42 heavy (non-hydrogen) atoms. The Balaban J connectivity index is 1.48. The van der Waals surface area contributed by atoms with Crippen molar-refractivity contribution in [1.82, 2.24) is 5.32 Å². The van der Waals surface area contributed by atoms with Crippen molar-refractivity contribution in [2.24, 2.45) is 0 Å². The van der Waals surface area contributed by atoms with Crippen LogP contribution in [0.4, 0.5) is 11.4 Å². The molecular formula is C34H33N3O4S. The number of hydrogen-bond acceptors (Lipinski definition) is 5. The maximum Gasteiger partial charge on any atom is 0.272 e. The maximum atomic E-state index is 13.4. The van der Waals surface area contributed by atoms with E-state index in [0.29, 0.717) is 22.6 Å². The van der Waals surface area contributed by atoms with Crippen LogP contribution >= 0.6 is 11.8 Å². The summed E-state index contributed by atoms with van der Waals surface area (Å²) in [5.41, 5.74) is 4.77. The van der Waals surface area contributed by atoms with Crippen molar-refractivity contribution in [3.05, 3.63) is 125 Å². The predicted molar refractivity (Wildman–Crippen MR) is 170 cm³/mol. The number of ether oxygens (including phenoxy) is 1. The molecule has 3 N–H and O–H groups in total. The number of nitrogens with one attached hydrogen (secondary N) is 3. The molecule has 0 heterocycles. The number of methoxy groups -OCH3 is 1. The van der Waals surface area contributed by atoms with E-state index < -0.39 is 11.8 Å². The van der Waals surface area contributed by atoms with Gasteiger partial charge in [0.1, 0.15) is 11.4 Å². The van der Waals surface area contributed by atoms with Gasteiger partial charge in [-0.25, -0.2) is 0 Å². The van der Waals surface area contributed by atoms with E-state index in [4.69, 9.17) is 4.74 Å².